The molecule has 0 aromatic heterocycles. The van der Waals surface area contributed by atoms with Crippen LogP contribution in [0, 0.1) is 0 Å². The summed E-state index contributed by atoms with van der Waals surface area (Å²) in [5.41, 5.74) is 0. The van der Waals surface area contributed by atoms with Crippen molar-refractivity contribution in [2.75, 3.05) is 0 Å². The summed E-state index contributed by atoms with van der Waals surface area (Å²) in [5.74, 6) is 0. The minimum atomic E-state index is 0. The molecular weight excluding hydrogens is 154 g/mol. The Morgan fingerprint density at radius 2 is 0.571 bits per heavy atom. The van der Waals surface area contributed by atoms with Crippen molar-refractivity contribution in [2.24, 2.45) is 0 Å². The normalized spacial score (nSPS) is 0. The van der Waals surface area contributed by atoms with Crippen LogP contribution in [0.4, 0.5) is 0 Å². The van der Waals surface area contributed by atoms with Crippen LogP contribution in [0.25, 0.3) is 0 Å². The SMILES string of the molecule is O.O.[Na+].[O-2].[O-2].[O-2].[V]. The van der Waals surface area contributed by atoms with Crippen molar-refractivity contribution >= 4 is 0 Å². The standard InChI is InChI=1S/Na.2H2O.3O.V/h;2*1H2;;;;/q+1;;;3*-2;. The smallest absolute Gasteiger partial charge is 1.00 e. The molecule has 0 spiro atoms. The van der Waals surface area contributed by atoms with Gasteiger partial charge in [0.15, 0.2) is 0 Å². The van der Waals surface area contributed by atoms with Crippen LogP contribution >= 0.6 is 0 Å². The molecule has 0 heterocycles. The third-order valence-corrected chi connectivity index (χ3v) is 0. The summed E-state index contributed by atoms with van der Waals surface area (Å²) in [4.78, 5) is 0. The molecular formula is H4NaO5V-5. The first-order valence-corrected chi connectivity index (χ1v) is 0. The average Bonchev–Trinajstić information content (AvgIpc) is 0. The molecule has 0 atom stereocenters. The Bertz CT molecular complexity index is 8.04. The van der Waals surface area contributed by atoms with E-state index in [1.54, 1.807) is 0 Å². The van der Waals surface area contributed by atoms with Gasteiger partial charge in [0.1, 0.15) is 0 Å². The summed E-state index contributed by atoms with van der Waals surface area (Å²) in [6, 6.07) is 0. The van der Waals surface area contributed by atoms with Gasteiger partial charge < -0.3 is 27.4 Å². The molecule has 0 saturated carbocycles. The van der Waals surface area contributed by atoms with Crippen molar-refractivity contribution in [3.63, 3.8) is 0 Å². The molecule has 7 heavy (non-hydrogen) atoms. The van der Waals surface area contributed by atoms with Gasteiger partial charge >= 0.3 is 29.6 Å². The van der Waals surface area contributed by atoms with E-state index in [9.17, 15) is 0 Å². The second-order valence-electron chi connectivity index (χ2n) is 0. The first-order chi connectivity index (χ1) is 0. The summed E-state index contributed by atoms with van der Waals surface area (Å²) in [7, 11) is 0. The maximum Gasteiger partial charge on any atom is 1.00 e. The largest absolute Gasteiger partial charge is 2.00 e. The fourth-order valence-electron chi connectivity index (χ4n) is 0. The zero-order valence-electron chi connectivity index (χ0n) is 3.67. The molecule has 0 aliphatic rings. The summed E-state index contributed by atoms with van der Waals surface area (Å²) in [5, 5.41) is 0. The van der Waals surface area contributed by atoms with Gasteiger partial charge in [-0.25, -0.2) is 0 Å². The van der Waals surface area contributed by atoms with Gasteiger partial charge in [0.05, 0.1) is 0 Å². The fourth-order valence-corrected chi connectivity index (χ4v) is 0. The van der Waals surface area contributed by atoms with Gasteiger partial charge in [-0.2, -0.15) is 0 Å². The molecule has 4 N–H and O–H groups in total. The van der Waals surface area contributed by atoms with Crippen LogP contribution in [-0.4, -0.2) is 11.0 Å². The third kappa shape index (κ3) is 112. The van der Waals surface area contributed by atoms with Crippen molar-refractivity contribution in [3.8, 4) is 0 Å². The molecule has 0 amide bonds. The predicted molar refractivity (Wildman–Crippen MR) is 9.29 cm³/mol. The minimum absolute atomic E-state index is 0. The Hall–Kier alpha value is 1.38. The number of hydrogen-bond donors (Lipinski definition) is 0. The van der Waals surface area contributed by atoms with Crippen LogP contribution in [0.5, 0.6) is 0 Å². The van der Waals surface area contributed by atoms with E-state index in [0.717, 1.165) is 0 Å². The molecule has 0 aliphatic carbocycles. The van der Waals surface area contributed by atoms with E-state index in [1.807, 2.05) is 0 Å². The first-order valence-electron chi connectivity index (χ1n) is 0. The van der Waals surface area contributed by atoms with E-state index in [0.29, 0.717) is 0 Å². The second-order valence-corrected chi connectivity index (χ2v) is 0. The maximum absolute atomic E-state index is 0. The van der Waals surface area contributed by atoms with Crippen LogP contribution in [0.1, 0.15) is 0 Å². The number of hydrogen-bond acceptors (Lipinski definition) is 0. The Balaban J connectivity index is 0. The molecule has 0 unspecified atom stereocenters. The van der Waals surface area contributed by atoms with Crippen LogP contribution in [-0.2, 0) is 35.0 Å². The molecule has 0 rings (SSSR count). The quantitative estimate of drug-likeness (QED) is 0.310. The summed E-state index contributed by atoms with van der Waals surface area (Å²) in [6.07, 6.45) is 0. The van der Waals surface area contributed by atoms with Crippen LogP contribution in [0.2, 0.25) is 0 Å². The Morgan fingerprint density at radius 3 is 0.571 bits per heavy atom. The minimum Gasteiger partial charge on any atom is -2.00 e. The van der Waals surface area contributed by atoms with Crippen molar-refractivity contribution in [3.05, 3.63) is 0 Å². The molecule has 7 heteroatoms. The zero-order valence-corrected chi connectivity index (χ0v) is 7.07. The van der Waals surface area contributed by atoms with Gasteiger partial charge in [0.25, 0.3) is 0 Å². The topological polar surface area (TPSA) is 148 Å². The molecule has 0 fully saturated rings. The summed E-state index contributed by atoms with van der Waals surface area (Å²) >= 11 is 0. The number of rotatable bonds is 0. The van der Waals surface area contributed by atoms with E-state index >= 15 is 0 Å². The van der Waals surface area contributed by atoms with E-state index in [2.05, 4.69) is 0 Å². The fraction of sp³-hybridized carbons (Fsp3) is 0. The van der Waals surface area contributed by atoms with Crippen LogP contribution in [0.15, 0.2) is 0 Å². The van der Waals surface area contributed by atoms with Crippen molar-refractivity contribution in [2.45, 2.75) is 0 Å². The Labute approximate surface area is 75.2 Å². The molecule has 0 aliphatic heterocycles. The van der Waals surface area contributed by atoms with Crippen LogP contribution < -0.4 is 29.6 Å². The molecule has 45 valence electrons. The summed E-state index contributed by atoms with van der Waals surface area (Å²) < 4.78 is 0. The van der Waals surface area contributed by atoms with Crippen molar-refractivity contribution < 1.29 is 75.5 Å². The molecule has 0 saturated heterocycles. The average molecular weight is 158 g/mol. The maximum atomic E-state index is 0. The monoisotopic (exact) mass is 158 g/mol. The van der Waals surface area contributed by atoms with Gasteiger partial charge in [-0.15, -0.1) is 0 Å². The van der Waals surface area contributed by atoms with Gasteiger partial charge in [0, 0.05) is 18.6 Å². The molecule has 5 nitrogen and oxygen atoms in total. The van der Waals surface area contributed by atoms with E-state index in [1.165, 1.54) is 0 Å². The van der Waals surface area contributed by atoms with Crippen LogP contribution in [0.3, 0.4) is 0 Å². The zero-order chi connectivity index (χ0) is 0. The van der Waals surface area contributed by atoms with E-state index < -0.39 is 0 Å². The van der Waals surface area contributed by atoms with Crippen molar-refractivity contribution in [1.82, 2.24) is 0 Å². The Morgan fingerprint density at radius 1 is 0.571 bits per heavy atom. The van der Waals surface area contributed by atoms with Gasteiger partial charge in [-0.1, -0.05) is 0 Å². The third-order valence-electron chi connectivity index (χ3n) is 0. The second kappa shape index (κ2) is 157. The molecule has 1 radical (unpaired) electrons. The Kier molecular flexibility index (Phi) is 5350. The molecule has 0 bridgehead atoms. The van der Waals surface area contributed by atoms with Gasteiger partial charge in [0.2, 0.25) is 0 Å². The van der Waals surface area contributed by atoms with Crippen molar-refractivity contribution in [1.29, 1.82) is 0 Å². The van der Waals surface area contributed by atoms with Gasteiger partial charge in [-0.05, 0) is 0 Å². The summed E-state index contributed by atoms with van der Waals surface area (Å²) in [6.45, 7) is 0. The first kappa shape index (κ1) is 239. The van der Waals surface area contributed by atoms with Gasteiger partial charge in [-0.3, -0.25) is 0 Å². The van der Waals surface area contributed by atoms with E-state index in [4.69, 9.17) is 0 Å². The molecule has 0 aromatic rings. The predicted octanol–water partition coefficient (Wildman–Crippen LogP) is -5.00. The van der Waals surface area contributed by atoms with E-state index in [-0.39, 0.29) is 75.5 Å². The molecule has 0 aromatic carbocycles.